The summed E-state index contributed by atoms with van der Waals surface area (Å²) in [6.07, 6.45) is 0.227. The van der Waals surface area contributed by atoms with Crippen LogP contribution in [0.25, 0.3) is 0 Å². The summed E-state index contributed by atoms with van der Waals surface area (Å²) in [5.74, 6) is -0.764. The molecule has 6 heteroatoms. The molecular formula is C18H19FN2O3. The van der Waals surface area contributed by atoms with Crippen molar-refractivity contribution in [3.63, 3.8) is 0 Å². The summed E-state index contributed by atoms with van der Waals surface area (Å²) in [5, 5.41) is 5.04. The van der Waals surface area contributed by atoms with Crippen LogP contribution in [0.3, 0.4) is 0 Å². The average Bonchev–Trinajstić information content (AvgIpc) is 2.57. The SMILES string of the molecule is COc1ccccc1CCNC(=O)CC(=O)Nc1ccccc1F. The number of methoxy groups -OCH3 is 1. The third kappa shape index (κ3) is 5.08. The summed E-state index contributed by atoms with van der Waals surface area (Å²) < 4.78 is 18.7. The molecule has 0 saturated carbocycles. The normalized spacial score (nSPS) is 10.1. The smallest absolute Gasteiger partial charge is 0.233 e. The van der Waals surface area contributed by atoms with E-state index in [1.165, 1.54) is 18.2 Å². The van der Waals surface area contributed by atoms with Crippen LogP contribution < -0.4 is 15.4 Å². The van der Waals surface area contributed by atoms with Gasteiger partial charge in [0.05, 0.1) is 12.8 Å². The number of halogens is 1. The second kappa shape index (κ2) is 8.67. The molecule has 0 spiro atoms. The Balaban J connectivity index is 1.77. The van der Waals surface area contributed by atoms with Crippen LogP contribution in [0.2, 0.25) is 0 Å². The van der Waals surface area contributed by atoms with Crippen LogP contribution in [-0.2, 0) is 16.0 Å². The summed E-state index contributed by atoms with van der Waals surface area (Å²) in [5.41, 5.74) is 1.03. The molecule has 0 radical (unpaired) electrons. The van der Waals surface area contributed by atoms with E-state index in [2.05, 4.69) is 10.6 Å². The molecule has 0 aliphatic heterocycles. The molecule has 2 amide bonds. The van der Waals surface area contributed by atoms with Gasteiger partial charge in [0.2, 0.25) is 11.8 Å². The summed E-state index contributed by atoms with van der Waals surface area (Å²) in [7, 11) is 1.59. The second-order valence-electron chi connectivity index (χ2n) is 5.12. The maximum Gasteiger partial charge on any atom is 0.233 e. The van der Waals surface area contributed by atoms with Gasteiger partial charge in [-0.05, 0) is 30.2 Å². The maximum atomic E-state index is 13.4. The molecule has 0 unspecified atom stereocenters. The van der Waals surface area contributed by atoms with Crippen molar-refractivity contribution in [3.05, 3.63) is 59.9 Å². The van der Waals surface area contributed by atoms with Gasteiger partial charge in [0.15, 0.2) is 0 Å². The molecular weight excluding hydrogens is 311 g/mol. The zero-order chi connectivity index (χ0) is 17.4. The van der Waals surface area contributed by atoms with E-state index in [0.717, 1.165) is 11.3 Å². The Bertz CT molecular complexity index is 719. The van der Waals surface area contributed by atoms with E-state index in [9.17, 15) is 14.0 Å². The Morgan fingerprint density at radius 3 is 2.50 bits per heavy atom. The predicted molar refractivity (Wildman–Crippen MR) is 89.4 cm³/mol. The number of benzene rings is 2. The van der Waals surface area contributed by atoms with E-state index in [1.807, 2.05) is 24.3 Å². The minimum atomic E-state index is -0.560. The largest absolute Gasteiger partial charge is 0.496 e. The summed E-state index contributed by atoms with van der Waals surface area (Å²) in [6, 6.07) is 13.3. The van der Waals surface area contributed by atoms with Crippen molar-refractivity contribution in [3.8, 4) is 5.75 Å². The molecule has 0 saturated heterocycles. The quantitative estimate of drug-likeness (QED) is 0.767. The van der Waals surface area contributed by atoms with Crippen LogP contribution >= 0.6 is 0 Å². The van der Waals surface area contributed by atoms with Gasteiger partial charge in [-0.15, -0.1) is 0 Å². The van der Waals surface area contributed by atoms with Gasteiger partial charge in [0, 0.05) is 6.54 Å². The Morgan fingerprint density at radius 1 is 1.04 bits per heavy atom. The highest BCUT2D eigenvalue weighted by Crippen LogP contribution is 2.17. The average molecular weight is 330 g/mol. The number of anilines is 1. The molecule has 2 N–H and O–H groups in total. The number of ether oxygens (including phenoxy) is 1. The number of hydrogen-bond acceptors (Lipinski definition) is 3. The number of carbonyl (C=O) groups excluding carboxylic acids is 2. The fourth-order valence-electron chi connectivity index (χ4n) is 2.21. The van der Waals surface area contributed by atoms with Crippen LogP contribution in [-0.4, -0.2) is 25.5 Å². The minimum absolute atomic E-state index is 0.0596. The third-order valence-corrected chi connectivity index (χ3v) is 3.38. The standard InChI is InChI=1S/C18H19FN2O3/c1-24-16-9-5-2-6-13(16)10-11-20-17(22)12-18(23)21-15-8-4-3-7-14(15)19/h2-9H,10-12H2,1H3,(H,20,22)(H,21,23). The van der Waals surface area contributed by atoms with Crippen molar-refractivity contribution < 1.29 is 18.7 Å². The summed E-state index contributed by atoms with van der Waals surface area (Å²) in [6.45, 7) is 0.381. The Kier molecular flexibility index (Phi) is 6.31. The first kappa shape index (κ1) is 17.5. The highest BCUT2D eigenvalue weighted by molar-refractivity contribution is 6.03. The zero-order valence-corrected chi connectivity index (χ0v) is 13.3. The van der Waals surface area contributed by atoms with Crippen molar-refractivity contribution >= 4 is 17.5 Å². The van der Waals surface area contributed by atoms with Crippen molar-refractivity contribution in [2.45, 2.75) is 12.8 Å². The second-order valence-corrected chi connectivity index (χ2v) is 5.12. The number of para-hydroxylation sites is 2. The molecule has 0 aliphatic carbocycles. The molecule has 0 heterocycles. The minimum Gasteiger partial charge on any atom is -0.496 e. The molecule has 126 valence electrons. The molecule has 0 bridgehead atoms. The van der Waals surface area contributed by atoms with Crippen LogP contribution in [0, 0.1) is 5.82 Å². The van der Waals surface area contributed by atoms with Gasteiger partial charge in [-0.1, -0.05) is 30.3 Å². The van der Waals surface area contributed by atoms with Gasteiger partial charge in [0.1, 0.15) is 18.0 Å². The molecule has 0 aromatic heterocycles. The van der Waals surface area contributed by atoms with Gasteiger partial charge in [-0.25, -0.2) is 4.39 Å². The Morgan fingerprint density at radius 2 is 1.75 bits per heavy atom. The van der Waals surface area contributed by atoms with E-state index in [1.54, 1.807) is 13.2 Å². The predicted octanol–water partition coefficient (Wildman–Crippen LogP) is 2.52. The number of rotatable bonds is 7. The lowest BCUT2D eigenvalue weighted by molar-refractivity contribution is -0.126. The highest BCUT2D eigenvalue weighted by atomic mass is 19.1. The number of carbonyl (C=O) groups is 2. The summed E-state index contributed by atoms with van der Waals surface area (Å²) in [4.78, 5) is 23.5. The summed E-state index contributed by atoms with van der Waals surface area (Å²) >= 11 is 0. The molecule has 0 atom stereocenters. The monoisotopic (exact) mass is 330 g/mol. The van der Waals surface area contributed by atoms with E-state index < -0.39 is 17.6 Å². The third-order valence-electron chi connectivity index (χ3n) is 3.38. The van der Waals surface area contributed by atoms with E-state index in [-0.39, 0.29) is 12.1 Å². The number of hydrogen-bond donors (Lipinski definition) is 2. The lowest BCUT2D eigenvalue weighted by Crippen LogP contribution is -2.29. The zero-order valence-electron chi connectivity index (χ0n) is 13.3. The van der Waals surface area contributed by atoms with Crippen molar-refractivity contribution in [2.24, 2.45) is 0 Å². The first-order valence-electron chi connectivity index (χ1n) is 7.53. The molecule has 2 aromatic rings. The van der Waals surface area contributed by atoms with E-state index >= 15 is 0 Å². The molecule has 2 rings (SSSR count). The van der Waals surface area contributed by atoms with Gasteiger partial charge in [-0.3, -0.25) is 9.59 Å². The van der Waals surface area contributed by atoms with Crippen LogP contribution in [0.1, 0.15) is 12.0 Å². The van der Waals surface area contributed by atoms with Crippen LogP contribution in [0.5, 0.6) is 5.75 Å². The van der Waals surface area contributed by atoms with Gasteiger partial charge < -0.3 is 15.4 Å². The van der Waals surface area contributed by atoms with E-state index in [0.29, 0.717) is 13.0 Å². The fourth-order valence-corrected chi connectivity index (χ4v) is 2.21. The molecule has 0 aliphatic rings. The first-order chi connectivity index (χ1) is 11.6. The first-order valence-corrected chi connectivity index (χ1v) is 7.53. The lowest BCUT2D eigenvalue weighted by atomic mass is 10.1. The highest BCUT2D eigenvalue weighted by Gasteiger charge is 2.11. The van der Waals surface area contributed by atoms with Gasteiger partial charge >= 0.3 is 0 Å². The number of nitrogens with one attached hydrogen (secondary N) is 2. The Labute approximate surface area is 139 Å². The molecule has 24 heavy (non-hydrogen) atoms. The van der Waals surface area contributed by atoms with Crippen LogP contribution in [0.15, 0.2) is 48.5 Å². The lowest BCUT2D eigenvalue weighted by Gasteiger charge is -2.09. The van der Waals surface area contributed by atoms with Crippen molar-refractivity contribution in [1.29, 1.82) is 0 Å². The van der Waals surface area contributed by atoms with Gasteiger partial charge in [0.25, 0.3) is 0 Å². The topological polar surface area (TPSA) is 67.4 Å². The molecule has 0 fully saturated rings. The van der Waals surface area contributed by atoms with E-state index in [4.69, 9.17) is 4.74 Å². The molecule has 5 nitrogen and oxygen atoms in total. The maximum absolute atomic E-state index is 13.4. The van der Waals surface area contributed by atoms with Crippen molar-refractivity contribution in [2.75, 3.05) is 19.0 Å². The fraction of sp³-hybridized carbons (Fsp3) is 0.222. The Hall–Kier alpha value is -2.89. The van der Waals surface area contributed by atoms with Gasteiger partial charge in [-0.2, -0.15) is 0 Å². The van der Waals surface area contributed by atoms with Crippen LogP contribution in [0.4, 0.5) is 10.1 Å². The van der Waals surface area contributed by atoms with Crippen molar-refractivity contribution in [1.82, 2.24) is 5.32 Å². The molecule has 2 aromatic carbocycles. The number of amides is 2.